The van der Waals surface area contributed by atoms with Crippen molar-refractivity contribution in [3.05, 3.63) is 42.6 Å². The lowest BCUT2D eigenvalue weighted by molar-refractivity contribution is 0.573. The molecule has 2 heterocycles. The topological polar surface area (TPSA) is 29.0 Å². The highest BCUT2D eigenvalue weighted by molar-refractivity contribution is 6.04. The standard InChI is InChI=1S/C17H17N3/c1-4-10-20(11-5-1)16-12-18-15-9-8-13-6-2-3-7-14(13)17(15)19-16/h2-3,6-9,12H,1,4-5,10-11H2. The van der Waals surface area contributed by atoms with E-state index < -0.39 is 0 Å². The predicted octanol–water partition coefficient (Wildman–Crippen LogP) is 3.77. The SMILES string of the molecule is c1ccc2c(c1)ccc1ncc(N3CCCCC3)nc12. The minimum atomic E-state index is 0.976. The van der Waals surface area contributed by atoms with Crippen molar-refractivity contribution in [2.45, 2.75) is 19.3 Å². The Bertz CT molecular complexity index is 760. The molecule has 20 heavy (non-hydrogen) atoms. The molecule has 1 aliphatic rings. The molecule has 1 aliphatic heterocycles. The van der Waals surface area contributed by atoms with Gasteiger partial charge in [-0.15, -0.1) is 0 Å². The first-order chi connectivity index (χ1) is 9.92. The number of benzene rings is 2. The Kier molecular flexibility index (Phi) is 2.76. The van der Waals surface area contributed by atoms with Crippen molar-refractivity contribution < 1.29 is 0 Å². The van der Waals surface area contributed by atoms with Crippen LogP contribution in [-0.2, 0) is 0 Å². The lowest BCUT2D eigenvalue weighted by Crippen LogP contribution is -2.30. The summed E-state index contributed by atoms with van der Waals surface area (Å²) in [6, 6.07) is 12.6. The molecule has 0 saturated carbocycles. The fourth-order valence-electron chi connectivity index (χ4n) is 3.01. The van der Waals surface area contributed by atoms with Gasteiger partial charge in [-0.05, 0) is 30.7 Å². The first kappa shape index (κ1) is 11.6. The Morgan fingerprint density at radius 2 is 1.75 bits per heavy atom. The van der Waals surface area contributed by atoms with Gasteiger partial charge in [0.25, 0.3) is 0 Å². The number of anilines is 1. The van der Waals surface area contributed by atoms with E-state index in [1.807, 2.05) is 6.20 Å². The van der Waals surface area contributed by atoms with Crippen LogP contribution >= 0.6 is 0 Å². The zero-order valence-corrected chi connectivity index (χ0v) is 11.4. The molecule has 1 saturated heterocycles. The second-order valence-electron chi connectivity index (χ2n) is 5.43. The number of hydrogen-bond acceptors (Lipinski definition) is 3. The number of nitrogens with zero attached hydrogens (tertiary/aromatic N) is 3. The zero-order valence-electron chi connectivity index (χ0n) is 11.4. The molecule has 3 aromatic rings. The Morgan fingerprint density at radius 1 is 0.900 bits per heavy atom. The van der Waals surface area contributed by atoms with Crippen molar-refractivity contribution in [3.63, 3.8) is 0 Å². The lowest BCUT2D eigenvalue weighted by atomic mass is 10.1. The summed E-state index contributed by atoms with van der Waals surface area (Å²) in [6.07, 6.45) is 5.77. The lowest BCUT2D eigenvalue weighted by Gasteiger charge is -2.27. The molecule has 0 spiro atoms. The summed E-state index contributed by atoms with van der Waals surface area (Å²) in [5, 5.41) is 2.42. The molecular weight excluding hydrogens is 246 g/mol. The maximum Gasteiger partial charge on any atom is 0.147 e. The van der Waals surface area contributed by atoms with Gasteiger partial charge in [-0.1, -0.05) is 30.3 Å². The van der Waals surface area contributed by atoms with Crippen molar-refractivity contribution in [1.29, 1.82) is 0 Å². The molecule has 0 N–H and O–H groups in total. The molecule has 2 aromatic carbocycles. The molecule has 0 amide bonds. The number of hydrogen-bond donors (Lipinski definition) is 0. The fourth-order valence-corrected chi connectivity index (χ4v) is 3.01. The predicted molar refractivity (Wildman–Crippen MR) is 83.1 cm³/mol. The van der Waals surface area contributed by atoms with E-state index in [0.29, 0.717) is 0 Å². The zero-order chi connectivity index (χ0) is 13.4. The van der Waals surface area contributed by atoms with Gasteiger partial charge in [0.15, 0.2) is 0 Å². The third-order valence-electron chi connectivity index (χ3n) is 4.10. The highest BCUT2D eigenvalue weighted by atomic mass is 15.2. The van der Waals surface area contributed by atoms with E-state index >= 15 is 0 Å². The highest BCUT2D eigenvalue weighted by Gasteiger charge is 2.13. The minimum absolute atomic E-state index is 0.976. The van der Waals surface area contributed by atoms with Gasteiger partial charge < -0.3 is 4.90 Å². The number of rotatable bonds is 1. The third kappa shape index (κ3) is 1.90. The van der Waals surface area contributed by atoms with Crippen LogP contribution in [0.3, 0.4) is 0 Å². The largest absolute Gasteiger partial charge is 0.355 e. The number of piperidine rings is 1. The molecule has 3 heteroatoms. The Hall–Kier alpha value is -2.16. The van der Waals surface area contributed by atoms with E-state index in [2.05, 4.69) is 46.3 Å². The summed E-state index contributed by atoms with van der Waals surface area (Å²) in [5.41, 5.74) is 2.00. The van der Waals surface area contributed by atoms with Crippen molar-refractivity contribution in [2.75, 3.05) is 18.0 Å². The van der Waals surface area contributed by atoms with Crippen LogP contribution in [-0.4, -0.2) is 23.1 Å². The van der Waals surface area contributed by atoms with E-state index in [0.717, 1.165) is 29.9 Å². The maximum absolute atomic E-state index is 4.89. The van der Waals surface area contributed by atoms with E-state index in [1.165, 1.54) is 30.0 Å². The molecule has 0 unspecified atom stereocenters. The Labute approximate surface area is 118 Å². The van der Waals surface area contributed by atoms with E-state index in [-0.39, 0.29) is 0 Å². The fraction of sp³-hybridized carbons (Fsp3) is 0.294. The third-order valence-corrected chi connectivity index (χ3v) is 4.10. The van der Waals surface area contributed by atoms with Gasteiger partial charge in [0.05, 0.1) is 17.2 Å². The molecule has 0 bridgehead atoms. The molecular formula is C17H17N3. The average molecular weight is 263 g/mol. The average Bonchev–Trinajstić information content (AvgIpc) is 2.55. The normalized spacial score (nSPS) is 15.9. The van der Waals surface area contributed by atoms with Crippen molar-refractivity contribution in [2.24, 2.45) is 0 Å². The summed E-state index contributed by atoms with van der Waals surface area (Å²) in [4.78, 5) is 11.9. The van der Waals surface area contributed by atoms with Gasteiger partial charge in [-0.2, -0.15) is 0 Å². The van der Waals surface area contributed by atoms with Gasteiger partial charge in [-0.3, -0.25) is 4.98 Å². The molecule has 1 fully saturated rings. The summed E-state index contributed by atoms with van der Waals surface area (Å²) in [5.74, 6) is 1.02. The van der Waals surface area contributed by atoms with Crippen LogP contribution in [0.4, 0.5) is 5.82 Å². The van der Waals surface area contributed by atoms with Crippen molar-refractivity contribution in [1.82, 2.24) is 9.97 Å². The van der Waals surface area contributed by atoms with Crippen LogP contribution in [0.5, 0.6) is 0 Å². The molecule has 100 valence electrons. The molecule has 3 nitrogen and oxygen atoms in total. The van der Waals surface area contributed by atoms with Crippen LogP contribution in [0, 0.1) is 0 Å². The second kappa shape index (κ2) is 4.75. The first-order valence-electron chi connectivity index (χ1n) is 7.31. The minimum Gasteiger partial charge on any atom is -0.355 e. The van der Waals surface area contributed by atoms with Gasteiger partial charge >= 0.3 is 0 Å². The van der Waals surface area contributed by atoms with Gasteiger partial charge in [0.1, 0.15) is 5.82 Å². The Balaban J connectivity index is 1.90. The summed E-state index contributed by atoms with van der Waals surface area (Å²) in [7, 11) is 0. The van der Waals surface area contributed by atoms with Crippen LogP contribution in [0.15, 0.2) is 42.6 Å². The monoisotopic (exact) mass is 263 g/mol. The summed E-state index contributed by atoms with van der Waals surface area (Å²) in [6.45, 7) is 2.20. The molecule has 0 aliphatic carbocycles. The molecule has 0 atom stereocenters. The van der Waals surface area contributed by atoms with E-state index in [1.54, 1.807) is 0 Å². The van der Waals surface area contributed by atoms with Crippen molar-refractivity contribution in [3.8, 4) is 0 Å². The highest BCUT2D eigenvalue weighted by Crippen LogP contribution is 2.25. The van der Waals surface area contributed by atoms with Crippen molar-refractivity contribution >= 4 is 27.6 Å². The molecule has 0 radical (unpaired) electrons. The van der Waals surface area contributed by atoms with Gasteiger partial charge in [-0.25, -0.2) is 4.98 Å². The summed E-state index contributed by atoms with van der Waals surface area (Å²) >= 11 is 0. The number of fused-ring (bicyclic) bond motifs is 3. The second-order valence-corrected chi connectivity index (χ2v) is 5.43. The van der Waals surface area contributed by atoms with E-state index in [9.17, 15) is 0 Å². The molecule has 4 rings (SSSR count). The van der Waals surface area contributed by atoms with Gasteiger partial charge in [0, 0.05) is 18.5 Å². The maximum atomic E-state index is 4.89. The van der Waals surface area contributed by atoms with Crippen LogP contribution in [0.2, 0.25) is 0 Å². The number of aromatic nitrogens is 2. The van der Waals surface area contributed by atoms with Crippen LogP contribution in [0.25, 0.3) is 21.8 Å². The smallest absolute Gasteiger partial charge is 0.147 e. The Morgan fingerprint density at radius 3 is 2.65 bits per heavy atom. The van der Waals surface area contributed by atoms with E-state index in [4.69, 9.17) is 4.98 Å². The summed E-state index contributed by atoms with van der Waals surface area (Å²) < 4.78 is 0. The van der Waals surface area contributed by atoms with Crippen LogP contribution < -0.4 is 4.90 Å². The van der Waals surface area contributed by atoms with Gasteiger partial charge in [0.2, 0.25) is 0 Å². The van der Waals surface area contributed by atoms with Crippen LogP contribution in [0.1, 0.15) is 19.3 Å². The quantitative estimate of drug-likeness (QED) is 0.626. The first-order valence-corrected chi connectivity index (χ1v) is 7.31. The molecule has 1 aromatic heterocycles.